The van der Waals surface area contributed by atoms with Gasteiger partial charge in [0.2, 0.25) is 0 Å². The highest BCUT2D eigenvalue weighted by molar-refractivity contribution is 5.69. The molecule has 0 aromatic heterocycles. The zero-order valence-corrected chi connectivity index (χ0v) is 7.96. The van der Waals surface area contributed by atoms with Crippen LogP contribution in [0.5, 0.6) is 0 Å². The minimum absolute atomic E-state index is 0.194. The van der Waals surface area contributed by atoms with Gasteiger partial charge in [-0.25, -0.2) is 4.39 Å². The number of rotatable bonds is 1. The van der Waals surface area contributed by atoms with Gasteiger partial charge < -0.3 is 10.6 Å². The molecule has 1 saturated heterocycles. The first kappa shape index (κ1) is 8.09. The molecule has 1 aromatic carbocycles. The molecule has 1 saturated carbocycles. The van der Waals surface area contributed by atoms with Gasteiger partial charge in [0.1, 0.15) is 5.82 Å². The second-order valence-electron chi connectivity index (χ2n) is 4.53. The molecule has 2 nitrogen and oxygen atoms in total. The maximum atomic E-state index is 13.5. The van der Waals surface area contributed by atoms with E-state index in [-0.39, 0.29) is 5.82 Å². The maximum Gasteiger partial charge on any atom is 0.148 e. The number of halogens is 1. The summed E-state index contributed by atoms with van der Waals surface area (Å²) in [6.07, 6.45) is 2.61. The van der Waals surface area contributed by atoms with Gasteiger partial charge in [0.05, 0.1) is 11.4 Å². The lowest BCUT2D eigenvalue weighted by Gasteiger charge is -2.42. The van der Waals surface area contributed by atoms with Crippen molar-refractivity contribution in [1.29, 1.82) is 0 Å². The fourth-order valence-corrected chi connectivity index (χ4v) is 2.28. The fraction of sp³-hybridized carbons (Fsp3) is 0.455. The first-order chi connectivity index (χ1) is 6.70. The normalized spacial score (nSPS) is 22.2. The Labute approximate surface area is 82.5 Å². The monoisotopic (exact) mass is 192 g/mol. The summed E-state index contributed by atoms with van der Waals surface area (Å²) in [6.45, 7) is 1.97. The quantitative estimate of drug-likeness (QED) is 0.690. The van der Waals surface area contributed by atoms with Crippen LogP contribution in [0.3, 0.4) is 0 Å². The van der Waals surface area contributed by atoms with Crippen molar-refractivity contribution in [2.45, 2.75) is 12.8 Å². The van der Waals surface area contributed by atoms with Crippen LogP contribution in [-0.2, 0) is 0 Å². The van der Waals surface area contributed by atoms with Crippen LogP contribution in [0.4, 0.5) is 15.8 Å². The molecule has 74 valence electrons. The van der Waals surface area contributed by atoms with E-state index >= 15 is 0 Å². The molecular formula is C11H13FN2. The minimum atomic E-state index is -0.194. The lowest BCUT2D eigenvalue weighted by molar-refractivity contribution is 0.383. The van der Waals surface area contributed by atoms with Gasteiger partial charge in [-0.15, -0.1) is 0 Å². The third-order valence-corrected chi connectivity index (χ3v) is 3.34. The van der Waals surface area contributed by atoms with E-state index in [0.717, 1.165) is 13.1 Å². The van der Waals surface area contributed by atoms with Crippen LogP contribution in [0, 0.1) is 11.2 Å². The smallest absolute Gasteiger partial charge is 0.148 e. The van der Waals surface area contributed by atoms with E-state index < -0.39 is 0 Å². The van der Waals surface area contributed by atoms with Crippen molar-refractivity contribution >= 4 is 11.4 Å². The molecule has 1 heterocycles. The lowest BCUT2D eigenvalue weighted by Crippen LogP contribution is -2.49. The molecule has 0 unspecified atom stereocenters. The highest BCUT2D eigenvalue weighted by Crippen LogP contribution is 2.54. The van der Waals surface area contributed by atoms with Crippen molar-refractivity contribution in [3.8, 4) is 0 Å². The third-order valence-electron chi connectivity index (χ3n) is 3.34. The van der Waals surface area contributed by atoms with Crippen LogP contribution < -0.4 is 10.6 Å². The van der Waals surface area contributed by atoms with Crippen molar-refractivity contribution in [2.24, 2.45) is 5.41 Å². The van der Waals surface area contributed by atoms with Crippen molar-refractivity contribution in [1.82, 2.24) is 0 Å². The molecule has 0 amide bonds. The van der Waals surface area contributed by atoms with Crippen LogP contribution in [-0.4, -0.2) is 13.1 Å². The lowest BCUT2D eigenvalue weighted by atomic mass is 9.95. The van der Waals surface area contributed by atoms with Gasteiger partial charge in [-0.05, 0) is 25.0 Å². The van der Waals surface area contributed by atoms with E-state index in [1.54, 1.807) is 12.1 Å². The van der Waals surface area contributed by atoms with E-state index in [1.165, 1.54) is 18.9 Å². The predicted octanol–water partition coefficient (Wildman–Crippen LogP) is 2.01. The molecule has 1 aliphatic heterocycles. The van der Waals surface area contributed by atoms with Gasteiger partial charge >= 0.3 is 0 Å². The summed E-state index contributed by atoms with van der Waals surface area (Å²) in [7, 11) is 0. The average molecular weight is 192 g/mol. The Hall–Kier alpha value is -1.25. The number of benzene rings is 1. The second-order valence-corrected chi connectivity index (χ2v) is 4.53. The molecule has 2 N–H and O–H groups in total. The van der Waals surface area contributed by atoms with Gasteiger partial charge in [-0.1, -0.05) is 6.07 Å². The van der Waals surface area contributed by atoms with E-state index in [4.69, 9.17) is 5.73 Å². The molecule has 0 atom stereocenters. The summed E-state index contributed by atoms with van der Waals surface area (Å²) in [4.78, 5) is 2.05. The van der Waals surface area contributed by atoms with Gasteiger partial charge in [-0.3, -0.25) is 0 Å². The van der Waals surface area contributed by atoms with Gasteiger partial charge in [0, 0.05) is 18.5 Å². The molecule has 3 rings (SSSR count). The number of nitrogen functional groups attached to an aromatic ring is 1. The Morgan fingerprint density at radius 1 is 1.29 bits per heavy atom. The van der Waals surface area contributed by atoms with Crippen molar-refractivity contribution in [2.75, 3.05) is 23.7 Å². The number of nitrogens with zero attached hydrogens (tertiary/aromatic N) is 1. The summed E-state index contributed by atoms with van der Waals surface area (Å²) >= 11 is 0. The summed E-state index contributed by atoms with van der Waals surface area (Å²) in [5.41, 5.74) is 7.45. The topological polar surface area (TPSA) is 29.3 Å². The van der Waals surface area contributed by atoms with Crippen LogP contribution in [0.25, 0.3) is 0 Å². The Kier molecular flexibility index (Phi) is 1.39. The molecule has 0 radical (unpaired) electrons. The summed E-state index contributed by atoms with van der Waals surface area (Å²) in [6, 6.07) is 4.89. The molecule has 0 bridgehead atoms. The SMILES string of the molecule is Nc1cccc(F)c1N1CC2(CC2)C1. The number of nitrogens with two attached hydrogens (primary N) is 1. The van der Waals surface area contributed by atoms with E-state index in [2.05, 4.69) is 4.90 Å². The summed E-state index contributed by atoms with van der Waals surface area (Å²) < 4.78 is 13.5. The Morgan fingerprint density at radius 2 is 2.00 bits per heavy atom. The number of para-hydroxylation sites is 1. The highest BCUT2D eigenvalue weighted by Gasteiger charge is 2.52. The zero-order valence-electron chi connectivity index (χ0n) is 7.96. The second kappa shape index (κ2) is 2.41. The number of anilines is 2. The molecule has 3 heteroatoms. The van der Waals surface area contributed by atoms with Gasteiger partial charge in [0.15, 0.2) is 0 Å². The van der Waals surface area contributed by atoms with Crippen LogP contribution in [0.1, 0.15) is 12.8 Å². The molecule has 2 fully saturated rings. The van der Waals surface area contributed by atoms with E-state index in [1.807, 2.05) is 0 Å². The molecule has 14 heavy (non-hydrogen) atoms. The number of hydrogen-bond acceptors (Lipinski definition) is 2. The molecular weight excluding hydrogens is 179 g/mol. The summed E-state index contributed by atoms with van der Waals surface area (Å²) in [5, 5.41) is 0. The zero-order chi connectivity index (χ0) is 9.76. The third kappa shape index (κ3) is 1.01. The fourth-order valence-electron chi connectivity index (χ4n) is 2.28. The van der Waals surface area contributed by atoms with Crippen LogP contribution in [0.15, 0.2) is 18.2 Å². The Morgan fingerprint density at radius 3 is 2.57 bits per heavy atom. The van der Waals surface area contributed by atoms with Gasteiger partial charge in [-0.2, -0.15) is 0 Å². The number of hydrogen-bond donors (Lipinski definition) is 1. The standard InChI is InChI=1S/C11H13FN2/c12-8-2-1-3-9(13)10(8)14-6-11(7-14)4-5-11/h1-3H,4-7,13H2. The van der Waals surface area contributed by atoms with Gasteiger partial charge in [0.25, 0.3) is 0 Å². The van der Waals surface area contributed by atoms with Crippen LogP contribution >= 0.6 is 0 Å². The average Bonchev–Trinajstić information content (AvgIpc) is 2.82. The van der Waals surface area contributed by atoms with Crippen molar-refractivity contribution < 1.29 is 4.39 Å². The molecule has 1 aromatic rings. The van der Waals surface area contributed by atoms with E-state index in [0.29, 0.717) is 16.8 Å². The first-order valence-corrected chi connectivity index (χ1v) is 4.99. The van der Waals surface area contributed by atoms with Crippen LogP contribution in [0.2, 0.25) is 0 Å². The molecule has 1 aliphatic carbocycles. The minimum Gasteiger partial charge on any atom is -0.397 e. The molecule has 2 aliphatic rings. The molecule has 1 spiro atoms. The van der Waals surface area contributed by atoms with E-state index in [9.17, 15) is 4.39 Å². The maximum absolute atomic E-state index is 13.5. The Balaban J connectivity index is 1.89. The summed E-state index contributed by atoms with van der Waals surface area (Å²) in [5.74, 6) is -0.194. The first-order valence-electron chi connectivity index (χ1n) is 4.99. The van der Waals surface area contributed by atoms with Crippen molar-refractivity contribution in [3.63, 3.8) is 0 Å². The van der Waals surface area contributed by atoms with Crippen molar-refractivity contribution in [3.05, 3.63) is 24.0 Å². The predicted molar refractivity (Wildman–Crippen MR) is 54.7 cm³/mol. The Bertz CT molecular complexity index is 357. The highest BCUT2D eigenvalue weighted by atomic mass is 19.1. The largest absolute Gasteiger partial charge is 0.397 e.